The molecule has 5 nitrogen and oxygen atoms in total. The average molecular weight is 316 g/mol. The first kappa shape index (κ1) is 16.2. The minimum absolute atomic E-state index is 0.196. The van der Waals surface area contributed by atoms with Gasteiger partial charge in [-0.05, 0) is 44.2 Å². The van der Waals surface area contributed by atoms with Crippen LogP contribution >= 0.6 is 11.3 Å². The minimum Gasteiger partial charge on any atom is -0.311 e. The van der Waals surface area contributed by atoms with Crippen LogP contribution in [0.15, 0.2) is 17.5 Å². The van der Waals surface area contributed by atoms with Crippen molar-refractivity contribution < 1.29 is 4.79 Å². The Labute approximate surface area is 134 Å². The number of aromatic nitrogens is 2. The number of carbonyl (C=O) groups is 1. The van der Waals surface area contributed by atoms with Gasteiger partial charge in [0.15, 0.2) is 5.69 Å². The minimum atomic E-state index is -0.288. The van der Waals surface area contributed by atoms with E-state index in [0.29, 0.717) is 16.3 Å². The number of nitrogens with one attached hydrogen (secondary N) is 1. The average Bonchev–Trinajstić information content (AvgIpc) is 3.03. The van der Waals surface area contributed by atoms with Crippen molar-refractivity contribution in [1.82, 2.24) is 9.78 Å². The van der Waals surface area contributed by atoms with E-state index in [9.17, 15) is 4.79 Å². The van der Waals surface area contributed by atoms with Crippen molar-refractivity contribution in [3.8, 4) is 6.07 Å². The highest BCUT2D eigenvalue weighted by molar-refractivity contribution is 7.14. The van der Waals surface area contributed by atoms with Crippen molar-refractivity contribution in [3.05, 3.63) is 34.5 Å². The normalized spacial score (nSPS) is 11.5. The second-order valence-electron chi connectivity index (χ2n) is 6.42. The van der Waals surface area contributed by atoms with Gasteiger partial charge in [-0.2, -0.15) is 10.4 Å². The van der Waals surface area contributed by atoms with E-state index < -0.39 is 0 Å². The Balaban J connectivity index is 2.33. The quantitative estimate of drug-likeness (QED) is 0.932. The van der Waals surface area contributed by atoms with Crippen LogP contribution in [0, 0.1) is 11.3 Å². The van der Waals surface area contributed by atoms with E-state index in [2.05, 4.69) is 51.1 Å². The van der Waals surface area contributed by atoms with Gasteiger partial charge in [-0.15, -0.1) is 11.3 Å². The van der Waals surface area contributed by atoms with Gasteiger partial charge in [0.2, 0.25) is 0 Å². The summed E-state index contributed by atoms with van der Waals surface area (Å²) >= 11 is 1.33. The molecule has 2 heterocycles. The topological polar surface area (TPSA) is 70.7 Å². The van der Waals surface area contributed by atoms with Crippen LogP contribution < -0.4 is 5.32 Å². The smallest absolute Gasteiger partial charge is 0.276 e. The molecule has 116 valence electrons. The molecule has 0 aliphatic carbocycles. The van der Waals surface area contributed by atoms with Gasteiger partial charge < -0.3 is 5.32 Å². The number of nitriles is 1. The largest absolute Gasteiger partial charge is 0.311 e. The summed E-state index contributed by atoms with van der Waals surface area (Å²) in [6, 6.07) is 5.57. The lowest BCUT2D eigenvalue weighted by molar-refractivity contribution is 0.102. The zero-order valence-electron chi connectivity index (χ0n) is 13.5. The third-order valence-corrected chi connectivity index (χ3v) is 4.04. The van der Waals surface area contributed by atoms with Gasteiger partial charge in [-0.1, -0.05) is 13.8 Å². The van der Waals surface area contributed by atoms with E-state index in [-0.39, 0.29) is 17.4 Å². The number of amides is 1. The monoisotopic (exact) mass is 316 g/mol. The summed E-state index contributed by atoms with van der Waals surface area (Å²) in [4.78, 5) is 12.4. The first-order valence-corrected chi connectivity index (χ1v) is 8.01. The molecule has 1 amide bonds. The molecule has 1 N–H and O–H groups in total. The molecule has 0 fully saturated rings. The van der Waals surface area contributed by atoms with Gasteiger partial charge in [-0.25, -0.2) is 0 Å². The second-order valence-corrected chi connectivity index (χ2v) is 7.34. The first-order valence-electron chi connectivity index (χ1n) is 7.13. The highest BCUT2D eigenvalue weighted by Crippen LogP contribution is 2.26. The molecule has 0 radical (unpaired) electrons. The van der Waals surface area contributed by atoms with Crippen molar-refractivity contribution in [2.75, 3.05) is 5.32 Å². The van der Waals surface area contributed by atoms with Crippen LogP contribution in [0.3, 0.4) is 0 Å². The van der Waals surface area contributed by atoms with E-state index in [4.69, 9.17) is 5.26 Å². The molecule has 22 heavy (non-hydrogen) atoms. The molecule has 0 saturated heterocycles. The number of hydrogen-bond donors (Lipinski definition) is 1. The zero-order valence-corrected chi connectivity index (χ0v) is 14.3. The first-order chi connectivity index (χ1) is 10.2. The maximum absolute atomic E-state index is 12.4. The van der Waals surface area contributed by atoms with E-state index in [1.165, 1.54) is 11.3 Å². The number of nitrogens with zero attached hydrogens (tertiary/aromatic N) is 3. The van der Waals surface area contributed by atoms with Gasteiger partial charge in [0, 0.05) is 5.69 Å². The van der Waals surface area contributed by atoms with Crippen molar-refractivity contribution in [2.24, 2.45) is 0 Å². The summed E-state index contributed by atoms with van der Waals surface area (Å²) in [5.41, 5.74) is 1.66. The molecule has 0 bridgehead atoms. The summed E-state index contributed by atoms with van der Waals surface area (Å²) in [6.45, 7) is 10.3. The Morgan fingerprint density at radius 1 is 1.45 bits per heavy atom. The predicted octanol–water partition coefficient (Wildman–Crippen LogP) is 3.95. The molecule has 0 spiro atoms. The summed E-state index contributed by atoms with van der Waals surface area (Å²) in [5, 5.41) is 18.6. The van der Waals surface area contributed by atoms with Crippen LogP contribution in [-0.4, -0.2) is 15.7 Å². The van der Waals surface area contributed by atoms with E-state index in [0.717, 1.165) is 5.69 Å². The van der Waals surface area contributed by atoms with E-state index in [1.807, 2.05) is 10.7 Å². The fourth-order valence-electron chi connectivity index (χ4n) is 2.12. The number of anilines is 1. The lowest BCUT2D eigenvalue weighted by Gasteiger charge is -2.23. The lowest BCUT2D eigenvalue weighted by Crippen LogP contribution is -2.26. The molecule has 0 saturated carbocycles. The fraction of sp³-hybridized carbons (Fsp3) is 0.438. The van der Waals surface area contributed by atoms with Gasteiger partial charge in [0.1, 0.15) is 11.1 Å². The molecule has 0 aliphatic rings. The summed E-state index contributed by atoms with van der Waals surface area (Å²) in [5.74, 6) is -0.0199. The van der Waals surface area contributed by atoms with Crippen LogP contribution in [-0.2, 0) is 5.54 Å². The Hall–Kier alpha value is -2.13. The molecule has 6 heteroatoms. The summed E-state index contributed by atoms with van der Waals surface area (Å²) < 4.78 is 1.90. The molecular weight excluding hydrogens is 296 g/mol. The molecule has 0 atom stereocenters. The van der Waals surface area contributed by atoms with Gasteiger partial charge >= 0.3 is 0 Å². The second kappa shape index (κ2) is 5.93. The number of carbonyl (C=O) groups excluding carboxylic acids is 1. The third-order valence-electron chi connectivity index (χ3n) is 3.21. The highest BCUT2D eigenvalue weighted by atomic mass is 32.1. The summed E-state index contributed by atoms with van der Waals surface area (Å²) in [7, 11) is 0. The Bertz CT molecular complexity index is 728. The zero-order chi connectivity index (χ0) is 16.5. The maximum atomic E-state index is 12.4. The number of thiophene rings is 1. The molecule has 2 rings (SSSR count). The van der Waals surface area contributed by atoms with Crippen molar-refractivity contribution >= 4 is 22.2 Å². The van der Waals surface area contributed by atoms with Crippen LogP contribution in [0.4, 0.5) is 5.00 Å². The molecule has 0 aliphatic heterocycles. The molecular formula is C16H20N4OS. The van der Waals surface area contributed by atoms with Crippen molar-refractivity contribution in [1.29, 1.82) is 5.26 Å². The van der Waals surface area contributed by atoms with Crippen LogP contribution in [0.2, 0.25) is 0 Å². The standard InChI is InChI=1S/C16H20N4OS/c1-10(2)13-8-12(19-20(13)16(3,4)5)14(21)18-15-11(9-17)6-7-22-15/h6-8,10H,1-5H3,(H,18,21). The van der Waals surface area contributed by atoms with Crippen molar-refractivity contribution in [2.45, 2.75) is 46.1 Å². The van der Waals surface area contributed by atoms with Crippen LogP contribution in [0.25, 0.3) is 0 Å². The lowest BCUT2D eigenvalue weighted by atomic mass is 10.1. The number of hydrogen-bond acceptors (Lipinski definition) is 4. The SMILES string of the molecule is CC(C)c1cc(C(=O)Nc2sccc2C#N)nn1C(C)(C)C. The Morgan fingerprint density at radius 3 is 2.64 bits per heavy atom. The molecule has 2 aromatic rings. The Morgan fingerprint density at radius 2 is 2.14 bits per heavy atom. The molecule has 0 aromatic carbocycles. The summed E-state index contributed by atoms with van der Waals surface area (Å²) in [6.07, 6.45) is 0. The molecule has 0 unspecified atom stereocenters. The van der Waals surface area contributed by atoms with Gasteiger partial charge in [-0.3, -0.25) is 9.48 Å². The molecule has 2 aromatic heterocycles. The van der Waals surface area contributed by atoms with Crippen LogP contribution in [0.1, 0.15) is 62.3 Å². The van der Waals surface area contributed by atoms with E-state index in [1.54, 1.807) is 11.4 Å². The van der Waals surface area contributed by atoms with Gasteiger partial charge in [0.25, 0.3) is 5.91 Å². The van der Waals surface area contributed by atoms with Crippen molar-refractivity contribution in [3.63, 3.8) is 0 Å². The van der Waals surface area contributed by atoms with Crippen LogP contribution in [0.5, 0.6) is 0 Å². The number of rotatable bonds is 3. The van der Waals surface area contributed by atoms with Gasteiger partial charge in [0.05, 0.1) is 11.1 Å². The Kier molecular flexibility index (Phi) is 4.38. The fourth-order valence-corrected chi connectivity index (χ4v) is 2.85. The maximum Gasteiger partial charge on any atom is 0.276 e. The highest BCUT2D eigenvalue weighted by Gasteiger charge is 2.24. The third kappa shape index (κ3) is 3.20. The van der Waals surface area contributed by atoms with E-state index >= 15 is 0 Å². The predicted molar refractivity (Wildman–Crippen MR) is 88.3 cm³/mol.